The maximum Gasteiger partial charge on any atom is 0.420 e. The fraction of sp³-hybridized carbons (Fsp3) is 0.440. The van der Waals surface area contributed by atoms with Gasteiger partial charge in [0.1, 0.15) is 24.8 Å². The van der Waals surface area contributed by atoms with Crippen LogP contribution in [0.3, 0.4) is 0 Å². The number of para-hydroxylation sites is 1. The van der Waals surface area contributed by atoms with E-state index in [9.17, 15) is 18.9 Å². The van der Waals surface area contributed by atoms with Crippen LogP contribution in [0.1, 0.15) is 68.3 Å². The van der Waals surface area contributed by atoms with Gasteiger partial charge in [0.15, 0.2) is 5.58 Å². The molecule has 1 unspecified atom stereocenters. The van der Waals surface area contributed by atoms with E-state index in [4.69, 9.17) is 19.1 Å². The van der Waals surface area contributed by atoms with E-state index in [0.29, 0.717) is 51.5 Å². The molecule has 10 rings (SSSR count). The minimum Gasteiger partial charge on any atom is -0.494 e. The lowest BCUT2D eigenvalue weighted by molar-refractivity contribution is -0.135. The van der Waals surface area contributed by atoms with Gasteiger partial charge in [-0.2, -0.15) is 4.98 Å². The van der Waals surface area contributed by atoms with Gasteiger partial charge in [0.2, 0.25) is 17.8 Å². The second-order valence-electron chi connectivity index (χ2n) is 18.5. The molecule has 2 amide bonds. The number of carbonyl (C=O) groups is 2. The summed E-state index contributed by atoms with van der Waals surface area (Å²) in [5, 5.41) is 11.1. The summed E-state index contributed by atoms with van der Waals surface area (Å²) >= 11 is 3.67. The summed E-state index contributed by atoms with van der Waals surface area (Å²) < 4.78 is 28.3. The van der Waals surface area contributed by atoms with Crippen LogP contribution in [0.25, 0.3) is 22.0 Å². The number of imide groups is 1. The molecule has 16 nitrogen and oxygen atoms in total. The standard InChI is InChI=1S/C50H58BrN10O6P/c1-4-32-28-39(55-49-52-30-36(51)47(57-49)54-38-13-12-37-35(11-10-31(2)53-37)46(38)68(65)26-5-6-27-68)43(66-3)29-42(32)60-20-17-34(18-21-60)59-24-22-58(23-25-59)19-16-33-8-7-9-40-45(33)67-50(64)61(40)41-14-15-44(62)56-48(41)63/h7-13,28-30,34,41H,4-6,14-27H2,1-3H3,(H,56,62,63)(H2,52,54,55,57). The van der Waals surface area contributed by atoms with Gasteiger partial charge in [0.05, 0.1) is 34.0 Å². The van der Waals surface area contributed by atoms with E-state index in [1.807, 2.05) is 43.3 Å². The maximum absolute atomic E-state index is 14.5. The Bertz CT molecular complexity index is 3010. The van der Waals surface area contributed by atoms with Gasteiger partial charge in [-0.05, 0) is 109 Å². The van der Waals surface area contributed by atoms with E-state index >= 15 is 0 Å². The number of nitrogens with one attached hydrogen (secondary N) is 3. The van der Waals surface area contributed by atoms with Gasteiger partial charge in [0, 0.05) is 105 Å². The molecule has 4 saturated heterocycles. The first-order valence-electron chi connectivity index (χ1n) is 23.9. The van der Waals surface area contributed by atoms with Crippen molar-refractivity contribution in [2.75, 3.05) is 80.8 Å². The molecule has 3 aromatic carbocycles. The molecule has 0 aliphatic carbocycles. The smallest absolute Gasteiger partial charge is 0.420 e. The van der Waals surface area contributed by atoms with Crippen LogP contribution in [0, 0.1) is 6.92 Å². The highest BCUT2D eigenvalue weighted by Gasteiger charge is 2.35. The number of hydrogen-bond acceptors (Lipinski definition) is 14. The molecule has 3 aromatic heterocycles. The van der Waals surface area contributed by atoms with Crippen molar-refractivity contribution in [2.24, 2.45) is 0 Å². The number of piperidine rings is 2. The Balaban J connectivity index is 0.766. The van der Waals surface area contributed by atoms with E-state index in [2.05, 4.69) is 76.7 Å². The normalized spacial score (nSPS) is 19.5. The summed E-state index contributed by atoms with van der Waals surface area (Å²) in [5.41, 5.74) is 7.78. The van der Waals surface area contributed by atoms with Crippen molar-refractivity contribution >= 4 is 91.0 Å². The van der Waals surface area contributed by atoms with Crippen LogP contribution in [-0.4, -0.2) is 112 Å². The van der Waals surface area contributed by atoms with Gasteiger partial charge in [-0.15, -0.1) is 0 Å². The Morgan fingerprint density at radius 1 is 0.912 bits per heavy atom. The molecule has 3 N–H and O–H groups in total. The SMILES string of the molecule is CCc1cc(Nc2ncc(Br)c(Nc3ccc4nc(C)ccc4c3P3(=O)CCCC3)n2)c(OC)cc1N1CCC(N2CCN(CCc3cccc4c3oc(=O)n4C3CCC(=O)NC3=O)CC2)CC1. The summed E-state index contributed by atoms with van der Waals surface area (Å²) in [6.07, 6.45) is 9.20. The lowest BCUT2D eigenvalue weighted by atomic mass is 9.99. The number of pyridine rings is 1. The van der Waals surface area contributed by atoms with E-state index in [-0.39, 0.29) is 18.7 Å². The van der Waals surface area contributed by atoms with Crippen LogP contribution in [0.4, 0.5) is 28.8 Å². The van der Waals surface area contributed by atoms with Crippen LogP contribution in [0.5, 0.6) is 5.75 Å². The van der Waals surface area contributed by atoms with Crippen LogP contribution < -0.4 is 36.6 Å². The number of aromatic nitrogens is 4. The van der Waals surface area contributed by atoms with Crippen LogP contribution in [0.2, 0.25) is 0 Å². The zero-order valence-electron chi connectivity index (χ0n) is 38.9. The first-order chi connectivity index (χ1) is 33.0. The largest absolute Gasteiger partial charge is 0.494 e. The van der Waals surface area contributed by atoms with Crippen LogP contribution in [-0.2, 0) is 27.0 Å². The van der Waals surface area contributed by atoms with Crippen molar-refractivity contribution < 1.29 is 23.3 Å². The van der Waals surface area contributed by atoms with E-state index in [1.165, 1.54) is 15.8 Å². The molecule has 0 saturated carbocycles. The Morgan fingerprint density at radius 2 is 1.71 bits per heavy atom. The number of anilines is 5. The first-order valence-corrected chi connectivity index (χ1v) is 26.8. The Kier molecular flexibility index (Phi) is 13.2. The number of hydrogen-bond donors (Lipinski definition) is 3. The van der Waals surface area contributed by atoms with Gasteiger partial charge in [-0.3, -0.25) is 29.4 Å². The fourth-order valence-corrected chi connectivity index (χ4v) is 14.4. The van der Waals surface area contributed by atoms with Crippen molar-refractivity contribution in [2.45, 2.75) is 77.3 Å². The third-order valence-corrected chi connectivity index (χ3v) is 18.3. The van der Waals surface area contributed by atoms with Crippen molar-refractivity contribution in [3.63, 3.8) is 0 Å². The second kappa shape index (κ2) is 19.4. The Labute approximate surface area is 403 Å². The number of fused-ring (bicyclic) bond motifs is 2. The average Bonchev–Trinajstić information content (AvgIpc) is 3.94. The Morgan fingerprint density at radius 3 is 2.46 bits per heavy atom. The predicted molar refractivity (Wildman–Crippen MR) is 270 cm³/mol. The second-order valence-corrected chi connectivity index (χ2v) is 22.5. The van der Waals surface area contributed by atoms with Gasteiger partial charge in [0.25, 0.3) is 0 Å². The molecule has 4 aliphatic rings. The number of benzene rings is 3. The summed E-state index contributed by atoms with van der Waals surface area (Å²) in [6, 6.07) is 17.8. The first kappa shape index (κ1) is 46.1. The number of piperazine rings is 1. The maximum atomic E-state index is 14.5. The monoisotopic (exact) mass is 1000 g/mol. The molecule has 1 atom stereocenters. The fourth-order valence-electron chi connectivity index (χ4n) is 10.8. The number of ether oxygens (including phenoxy) is 1. The van der Waals surface area contributed by atoms with Gasteiger partial charge in [-0.25, -0.2) is 9.78 Å². The molecular weight excluding hydrogens is 947 g/mol. The lowest BCUT2D eigenvalue weighted by Gasteiger charge is -2.43. The van der Waals surface area contributed by atoms with Gasteiger partial charge < -0.3 is 34.2 Å². The molecule has 0 bridgehead atoms. The quantitative estimate of drug-likeness (QED) is 0.0759. The molecule has 0 spiro atoms. The van der Waals surface area contributed by atoms with E-state index in [0.717, 1.165) is 123 Å². The van der Waals surface area contributed by atoms with Gasteiger partial charge in [-0.1, -0.05) is 25.1 Å². The zero-order chi connectivity index (χ0) is 47.1. The molecule has 356 valence electrons. The molecule has 6 aromatic rings. The zero-order valence-corrected chi connectivity index (χ0v) is 41.3. The highest BCUT2D eigenvalue weighted by atomic mass is 79.9. The number of carbonyl (C=O) groups excluding carboxylic acids is 2. The number of methoxy groups -OCH3 is 1. The van der Waals surface area contributed by atoms with Crippen molar-refractivity contribution in [1.82, 2.24) is 34.6 Å². The Hall–Kier alpha value is -5.61. The minimum absolute atomic E-state index is 0.189. The third kappa shape index (κ3) is 9.17. The van der Waals surface area contributed by atoms with Crippen molar-refractivity contribution in [3.05, 3.63) is 92.6 Å². The molecule has 4 fully saturated rings. The van der Waals surface area contributed by atoms with Crippen LogP contribution in [0.15, 0.2) is 74.5 Å². The highest BCUT2D eigenvalue weighted by Crippen LogP contribution is 2.54. The summed E-state index contributed by atoms with van der Waals surface area (Å²) in [5.74, 6) is 0.324. The number of rotatable bonds is 13. The molecule has 68 heavy (non-hydrogen) atoms. The molecule has 18 heteroatoms. The van der Waals surface area contributed by atoms with E-state index < -0.39 is 24.8 Å². The van der Waals surface area contributed by atoms with Crippen LogP contribution >= 0.6 is 23.1 Å². The number of halogens is 1. The topological polar surface area (TPSA) is 180 Å². The number of oxazole rings is 1. The van der Waals surface area contributed by atoms with E-state index in [1.54, 1.807) is 13.3 Å². The number of nitrogens with zero attached hydrogens (tertiary/aromatic N) is 7. The minimum atomic E-state index is -2.64. The van der Waals surface area contributed by atoms with Crippen molar-refractivity contribution in [3.8, 4) is 5.75 Å². The molecule has 4 aliphatic heterocycles. The third-order valence-electron chi connectivity index (χ3n) is 14.4. The lowest BCUT2D eigenvalue weighted by Crippen LogP contribution is -2.53. The summed E-state index contributed by atoms with van der Waals surface area (Å²) in [6.45, 7) is 10.8. The average molecular weight is 1010 g/mol. The van der Waals surface area contributed by atoms with Crippen molar-refractivity contribution in [1.29, 1.82) is 0 Å². The molecule has 7 heterocycles. The summed E-state index contributed by atoms with van der Waals surface area (Å²) in [4.78, 5) is 59.2. The number of amides is 2. The molecular formula is C50H58BrN10O6P. The highest BCUT2D eigenvalue weighted by molar-refractivity contribution is 9.10. The molecule has 0 radical (unpaired) electrons. The predicted octanol–water partition coefficient (Wildman–Crippen LogP) is 7.65. The van der Waals surface area contributed by atoms with Gasteiger partial charge >= 0.3 is 5.76 Å². The summed E-state index contributed by atoms with van der Waals surface area (Å²) in [7, 11) is -0.944. The number of aryl methyl sites for hydroxylation is 2.